The molecule has 1 aromatic carbocycles. The summed E-state index contributed by atoms with van der Waals surface area (Å²) in [6.07, 6.45) is 4.70. The summed E-state index contributed by atoms with van der Waals surface area (Å²) in [6.45, 7) is 1.05. The Morgan fingerprint density at radius 2 is 2.15 bits per heavy atom. The molecule has 2 rings (SSSR count). The zero-order valence-electron chi connectivity index (χ0n) is 11.1. The molecule has 0 spiro atoms. The monoisotopic (exact) mass is 337 g/mol. The maximum absolute atomic E-state index is 10.7. The topological polar surface area (TPSA) is 70.2 Å². The molecule has 1 aliphatic rings. The van der Waals surface area contributed by atoms with Crippen molar-refractivity contribution in [1.29, 1.82) is 5.26 Å². The van der Waals surface area contributed by atoms with Crippen LogP contribution in [0.15, 0.2) is 22.7 Å². The van der Waals surface area contributed by atoms with Crippen LogP contribution in [0, 0.1) is 21.4 Å². The van der Waals surface area contributed by atoms with Gasteiger partial charge in [0.05, 0.1) is 17.5 Å². The third kappa shape index (κ3) is 3.56. The summed E-state index contributed by atoms with van der Waals surface area (Å²) in [5.74, 6) is 0. The molecule has 106 valence electrons. The Hall–Kier alpha value is -1.45. The molecule has 1 aliphatic carbocycles. The van der Waals surface area contributed by atoms with Gasteiger partial charge in [-0.2, -0.15) is 5.26 Å². The second kappa shape index (κ2) is 6.82. The van der Waals surface area contributed by atoms with Crippen molar-refractivity contribution in [2.24, 2.45) is 0 Å². The maximum atomic E-state index is 10.7. The highest BCUT2D eigenvalue weighted by atomic mass is 79.9. The van der Waals surface area contributed by atoms with Crippen LogP contribution in [0.25, 0.3) is 0 Å². The van der Waals surface area contributed by atoms with E-state index in [9.17, 15) is 10.1 Å². The van der Waals surface area contributed by atoms with Crippen molar-refractivity contribution in [1.82, 2.24) is 4.90 Å². The summed E-state index contributed by atoms with van der Waals surface area (Å²) >= 11 is 3.39. The van der Waals surface area contributed by atoms with Crippen molar-refractivity contribution >= 4 is 21.6 Å². The fourth-order valence-corrected chi connectivity index (χ4v) is 3.16. The average molecular weight is 338 g/mol. The fourth-order valence-electron chi connectivity index (χ4n) is 2.67. The minimum Gasteiger partial charge on any atom is -0.283 e. The van der Waals surface area contributed by atoms with Crippen molar-refractivity contribution in [2.45, 2.75) is 38.3 Å². The van der Waals surface area contributed by atoms with Gasteiger partial charge in [-0.25, -0.2) is 0 Å². The molecule has 0 aromatic heterocycles. The number of benzene rings is 1. The van der Waals surface area contributed by atoms with Gasteiger partial charge in [0.25, 0.3) is 5.69 Å². The van der Waals surface area contributed by atoms with E-state index in [-0.39, 0.29) is 5.69 Å². The Morgan fingerprint density at radius 3 is 2.70 bits per heavy atom. The molecular formula is C14H16BrN3O2. The lowest BCUT2D eigenvalue weighted by atomic mass is 10.1. The predicted octanol–water partition coefficient (Wildman–Crippen LogP) is 3.63. The van der Waals surface area contributed by atoms with Gasteiger partial charge in [0.15, 0.2) is 0 Å². The maximum Gasteiger partial charge on any atom is 0.270 e. The van der Waals surface area contributed by atoms with E-state index in [1.54, 1.807) is 6.07 Å². The zero-order valence-corrected chi connectivity index (χ0v) is 12.7. The molecule has 5 nitrogen and oxygen atoms in total. The molecule has 0 unspecified atom stereocenters. The van der Waals surface area contributed by atoms with Crippen molar-refractivity contribution in [3.05, 3.63) is 38.3 Å². The molecule has 1 aromatic rings. The Kier molecular flexibility index (Phi) is 5.10. The van der Waals surface area contributed by atoms with Gasteiger partial charge in [0.1, 0.15) is 0 Å². The molecule has 0 aliphatic heterocycles. The number of nitrogens with zero attached hydrogens (tertiary/aromatic N) is 3. The SMILES string of the molecule is N#CCN(Cc1ccc([N+](=O)[O-])cc1Br)C1CCCC1. The van der Waals surface area contributed by atoms with E-state index in [2.05, 4.69) is 26.9 Å². The third-order valence-corrected chi connectivity index (χ3v) is 4.47. The summed E-state index contributed by atoms with van der Waals surface area (Å²) in [6, 6.07) is 7.47. The second-order valence-corrected chi connectivity index (χ2v) is 5.89. The van der Waals surface area contributed by atoms with Crippen LogP contribution in [0.2, 0.25) is 0 Å². The molecule has 1 saturated carbocycles. The summed E-state index contributed by atoms with van der Waals surface area (Å²) < 4.78 is 0.729. The summed E-state index contributed by atoms with van der Waals surface area (Å²) in [5.41, 5.74) is 1.06. The minimum absolute atomic E-state index is 0.0772. The van der Waals surface area contributed by atoms with Crippen molar-refractivity contribution in [3.63, 3.8) is 0 Å². The summed E-state index contributed by atoms with van der Waals surface area (Å²) in [4.78, 5) is 12.5. The lowest BCUT2D eigenvalue weighted by Crippen LogP contribution is -2.33. The number of rotatable bonds is 5. The molecule has 0 bridgehead atoms. The Labute approximate surface area is 126 Å². The number of hydrogen-bond acceptors (Lipinski definition) is 4. The third-order valence-electron chi connectivity index (χ3n) is 3.74. The van der Waals surface area contributed by atoms with Crippen molar-refractivity contribution < 1.29 is 4.92 Å². The number of nitro groups is 1. The Morgan fingerprint density at radius 1 is 1.45 bits per heavy atom. The molecule has 0 amide bonds. The summed E-state index contributed by atoms with van der Waals surface area (Å²) in [7, 11) is 0. The van der Waals surface area contributed by atoms with Crippen LogP contribution in [0.1, 0.15) is 31.2 Å². The standard InChI is InChI=1S/C14H16BrN3O2/c15-14-9-13(18(19)20)6-5-11(14)10-17(8-7-16)12-3-1-2-4-12/h5-6,9,12H,1-4,8,10H2. The van der Waals surface area contributed by atoms with Crippen molar-refractivity contribution in [3.8, 4) is 6.07 Å². The van der Waals surface area contributed by atoms with E-state index < -0.39 is 4.92 Å². The van der Waals surface area contributed by atoms with Crippen LogP contribution in [0.4, 0.5) is 5.69 Å². The molecule has 6 heteroatoms. The van der Waals surface area contributed by atoms with Gasteiger partial charge < -0.3 is 0 Å². The Balaban J connectivity index is 2.14. The highest BCUT2D eigenvalue weighted by Crippen LogP contribution is 2.28. The van der Waals surface area contributed by atoms with Crippen LogP contribution in [-0.4, -0.2) is 22.4 Å². The first-order valence-electron chi connectivity index (χ1n) is 6.65. The first kappa shape index (κ1) is 14.9. The van der Waals surface area contributed by atoms with Crippen LogP contribution < -0.4 is 0 Å². The van der Waals surface area contributed by atoms with Gasteiger partial charge >= 0.3 is 0 Å². The first-order valence-corrected chi connectivity index (χ1v) is 7.45. The second-order valence-electron chi connectivity index (χ2n) is 5.03. The number of nitro benzene ring substituents is 1. The van der Waals surface area contributed by atoms with Crippen LogP contribution in [-0.2, 0) is 6.54 Å². The number of hydrogen-bond donors (Lipinski definition) is 0. The van der Waals surface area contributed by atoms with E-state index in [1.807, 2.05) is 0 Å². The van der Waals surface area contributed by atoms with E-state index in [4.69, 9.17) is 5.26 Å². The zero-order chi connectivity index (χ0) is 14.5. The van der Waals surface area contributed by atoms with Crippen molar-refractivity contribution in [2.75, 3.05) is 6.54 Å². The minimum atomic E-state index is -0.404. The van der Waals surface area contributed by atoms with E-state index >= 15 is 0 Å². The van der Waals surface area contributed by atoms with E-state index in [1.165, 1.54) is 25.0 Å². The number of non-ortho nitro benzene ring substituents is 1. The lowest BCUT2D eigenvalue weighted by molar-refractivity contribution is -0.384. The highest BCUT2D eigenvalue weighted by molar-refractivity contribution is 9.10. The van der Waals surface area contributed by atoms with Gasteiger partial charge in [0.2, 0.25) is 0 Å². The van der Waals surface area contributed by atoms with Crippen LogP contribution in [0.3, 0.4) is 0 Å². The van der Waals surface area contributed by atoms with Gasteiger partial charge in [-0.15, -0.1) is 0 Å². The number of nitriles is 1. The van der Waals surface area contributed by atoms with Gasteiger partial charge in [-0.05, 0) is 24.5 Å². The quantitative estimate of drug-likeness (QED) is 0.467. The van der Waals surface area contributed by atoms with E-state index in [0.29, 0.717) is 19.1 Å². The Bertz CT molecular complexity index is 536. The first-order chi connectivity index (χ1) is 9.61. The van der Waals surface area contributed by atoms with Crippen LogP contribution in [0.5, 0.6) is 0 Å². The molecule has 0 radical (unpaired) electrons. The molecule has 0 atom stereocenters. The number of halogens is 1. The predicted molar refractivity (Wildman–Crippen MR) is 79.1 cm³/mol. The summed E-state index contributed by atoms with van der Waals surface area (Å²) in [5, 5.41) is 19.7. The normalized spacial score (nSPS) is 15.4. The fraction of sp³-hybridized carbons (Fsp3) is 0.500. The average Bonchev–Trinajstić information content (AvgIpc) is 2.94. The molecule has 20 heavy (non-hydrogen) atoms. The van der Waals surface area contributed by atoms with Gasteiger partial charge in [-0.3, -0.25) is 15.0 Å². The molecule has 0 saturated heterocycles. The van der Waals surface area contributed by atoms with Crippen LogP contribution >= 0.6 is 15.9 Å². The molecule has 0 N–H and O–H groups in total. The highest BCUT2D eigenvalue weighted by Gasteiger charge is 2.23. The molecule has 0 heterocycles. The van der Waals surface area contributed by atoms with Gasteiger partial charge in [-0.1, -0.05) is 28.8 Å². The smallest absolute Gasteiger partial charge is 0.270 e. The lowest BCUT2D eigenvalue weighted by Gasteiger charge is -2.26. The molecule has 1 fully saturated rings. The van der Waals surface area contributed by atoms with E-state index in [0.717, 1.165) is 22.9 Å². The largest absolute Gasteiger partial charge is 0.283 e. The van der Waals surface area contributed by atoms with Gasteiger partial charge in [0, 0.05) is 29.2 Å². The molecular weight excluding hydrogens is 322 g/mol.